The molecule has 0 atom stereocenters. The second kappa shape index (κ2) is 6.92. The van der Waals surface area contributed by atoms with E-state index in [2.05, 4.69) is 48.7 Å². The van der Waals surface area contributed by atoms with Crippen molar-refractivity contribution >= 4 is 72.2 Å². The number of hydrogen-bond donors (Lipinski definition) is 1. The normalized spacial score (nSPS) is 11.0. The molecule has 0 radical (unpaired) electrons. The Balaban J connectivity index is 1.84. The summed E-state index contributed by atoms with van der Waals surface area (Å²) in [7, 11) is 0. The van der Waals surface area contributed by atoms with Crippen LogP contribution in [0.2, 0.25) is 10.0 Å². The highest BCUT2D eigenvalue weighted by Crippen LogP contribution is 2.38. The summed E-state index contributed by atoms with van der Waals surface area (Å²) < 4.78 is 1.04. The van der Waals surface area contributed by atoms with Gasteiger partial charge in [-0.2, -0.15) is 0 Å². The fourth-order valence-electron chi connectivity index (χ4n) is 2.57. The third-order valence-electron chi connectivity index (χ3n) is 3.65. The van der Waals surface area contributed by atoms with Gasteiger partial charge < -0.3 is 5.32 Å². The molecule has 0 saturated heterocycles. The zero-order valence-electron chi connectivity index (χ0n) is 12.6. The van der Waals surface area contributed by atoms with Crippen LogP contribution < -0.4 is 5.32 Å². The first-order valence-corrected chi connectivity index (χ1v) is 9.74. The smallest absolute Gasteiger partial charge is 0.143 e. The molecule has 0 bridgehead atoms. The molecular weight excluding hydrogens is 441 g/mol. The number of fused-ring (bicyclic) bond motifs is 1. The van der Waals surface area contributed by atoms with Gasteiger partial charge in [-0.1, -0.05) is 51.3 Å². The van der Waals surface area contributed by atoms with Crippen molar-refractivity contribution in [3.05, 3.63) is 68.7 Å². The Hall–Kier alpha value is -1.66. The van der Waals surface area contributed by atoms with Gasteiger partial charge >= 0.3 is 0 Å². The number of benzene rings is 2. The van der Waals surface area contributed by atoms with Gasteiger partial charge in [-0.15, -0.1) is 11.3 Å². The fourth-order valence-corrected chi connectivity index (χ4v) is 4.28. The van der Waals surface area contributed by atoms with Crippen molar-refractivity contribution in [3.8, 4) is 11.1 Å². The Morgan fingerprint density at radius 1 is 0.960 bits per heavy atom. The summed E-state index contributed by atoms with van der Waals surface area (Å²) in [5, 5.41) is 7.52. The Labute approximate surface area is 166 Å². The first kappa shape index (κ1) is 16.8. The van der Waals surface area contributed by atoms with Gasteiger partial charge in [-0.05, 0) is 35.9 Å². The first-order chi connectivity index (χ1) is 12.1. The maximum Gasteiger partial charge on any atom is 0.143 e. The maximum absolute atomic E-state index is 6.10. The molecule has 0 saturated carbocycles. The van der Waals surface area contributed by atoms with E-state index in [0.717, 1.165) is 37.3 Å². The topological polar surface area (TPSA) is 37.8 Å². The van der Waals surface area contributed by atoms with Crippen molar-refractivity contribution in [3.63, 3.8) is 0 Å². The lowest BCUT2D eigenvalue weighted by Crippen LogP contribution is -1.95. The van der Waals surface area contributed by atoms with Crippen LogP contribution in [0.15, 0.2) is 58.6 Å². The van der Waals surface area contributed by atoms with Crippen LogP contribution in [-0.2, 0) is 0 Å². The quantitative estimate of drug-likeness (QED) is 0.359. The van der Waals surface area contributed by atoms with E-state index < -0.39 is 0 Å². The molecule has 3 nitrogen and oxygen atoms in total. The average molecular weight is 451 g/mol. The van der Waals surface area contributed by atoms with Crippen LogP contribution in [0, 0.1) is 0 Å². The lowest BCUT2D eigenvalue weighted by atomic mass is 10.1. The van der Waals surface area contributed by atoms with E-state index in [1.165, 1.54) is 0 Å². The minimum absolute atomic E-state index is 0.568. The molecule has 0 fully saturated rings. The van der Waals surface area contributed by atoms with Gasteiger partial charge in [0.25, 0.3) is 0 Å². The van der Waals surface area contributed by atoms with Crippen LogP contribution in [-0.4, -0.2) is 9.97 Å². The van der Waals surface area contributed by atoms with Gasteiger partial charge in [0.2, 0.25) is 0 Å². The van der Waals surface area contributed by atoms with Crippen molar-refractivity contribution < 1.29 is 0 Å². The second-order valence-electron chi connectivity index (χ2n) is 5.34. The van der Waals surface area contributed by atoms with E-state index in [1.807, 2.05) is 24.3 Å². The van der Waals surface area contributed by atoms with E-state index in [1.54, 1.807) is 23.7 Å². The molecule has 0 unspecified atom stereocenters. The Morgan fingerprint density at radius 3 is 2.40 bits per heavy atom. The molecule has 2 aromatic heterocycles. The van der Waals surface area contributed by atoms with E-state index in [4.69, 9.17) is 23.2 Å². The van der Waals surface area contributed by atoms with E-state index >= 15 is 0 Å². The van der Waals surface area contributed by atoms with Crippen LogP contribution in [0.4, 0.5) is 11.5 Å². The second-order valence-corrected chi connectivity index (χ2v) is 7.99. The van der Waals surface area contributed by atoms with Crippen molar-refractivity contribution in [2.75, 3.05) is 5.32 Å². The average Bonchev–Trinajstić information content (AvgIpc) is 3.00. The van der Waals surface area contributed by atoms with Crippen molar-refractivity contribution in [2.45, 2.75) is 0 Å². The third-order valence-corrected chi connectivity index (χ3v) is 5.50. The molecule has 4 rings (SSSR count). The molecule has 4 aromatic rings. The maximum atomic E-state index is 6.10. The van der Waals surface area contributed by atoms with Gasteiger partial charge in [0.1, 0.15) is 17.0 Å². The van der Waals surface area contributed by atoms with E-state index in [-0.39, 0.29) is 0 Å². The zero-order chi connectivity index (χ0) is 17.4. The Kier molecular flexibility index (Phi) is 4.65. The molecule has 0 spiro atoms. The molecule has 124 valence electrons. The fraction of sp³-hybridized carbons (Fsp3) is 0. The molecular formula is C18H10BrCl2N3S. The van der Waals surface area contributed by atoms with Crippen molar-refractivity contribution in [1.82, 2.24) is 9.97 Å². The lowest BCUT2D eigenvalue weighted by Gasteiger charge is -2.09. The van der Waals surface area contributed by atoms with Gasteiger partial charge in [-0.25, -0.2) is 9.97 Å². The van der Waals surface area contributed by atoms with Crippen molar-refractivity contribution in [1.29, 1.82) is 0 Å². The summed E-state index contributed by atoms with van der Waals surface area (Å²) in [6, 6.07) is 13.5. The molecule has 2 heterocycles. The number of rotatable bonds is 3. The van der Waals surface area contributed by atoms with Crippen LogP contribution in [0.1, 0.15) is 0 Å². The van der Waals surface area contributed by atoms with Crippen molar-refractivity contribution in [2.24, 2.45) is 0 Å². The lowest BCUT2D eigenvalue weighted by molar-refractivity contribution is 1.23. The summed E-state index contributed by atoms with van der Waals surface area (Å²) in [4.78, 5) is 9.73. The number of nitrogens with one attached hydrogen (secondary N) is 1. The summed E-state index contributed by atoms with van der Waals surface area (Å²) in [5.41, 5.74) is 2.98. The highest BCUT2D eigenvalue weighted by atomic mass is 79.9. The van der Waals surface area contributed by atoms with Gasteiger partial charge in [0.05, 0.1) is 5.39 Å². The minimum atomic E-state index is 0.568. The molecule has 0 aliphatic rings. The predicted octanol–water partition coefficient (Wildman–Crippen LogP) is 7.17. The number of halogens is 3. The molecule has 2 aromatic carbocycles. The summed E-state index contributed by atoms with van der Waals surface area (Å²) in [5.74, 6) is 0.725. The number of hydrogen-bond acceptors (Lipinski definition) is 4. The third kappa shape index (κ3) is 3.51. The molecule has 7 heteroatoms. The standard InChI is InChI=1S/C18H10BrCl2N3S/c19-11-3-1-10(2-4-11)15-8-25-18-16(15)17(22-9-23-18)24-14-6-12(20)5-13(21)7-14/h1-9H,(H,22,23,24). The van der Waals surface area contributed by atoms with Gasteiger partial charge in [-0.3, -0.25) is 0 Å². The summed E-state index contributed by atoms with van der Waals surface area (Å²) in [6.07, 6.45) is 1.55. The highest BCUT2D eigenvalue weighted by molar-refractivity contribution is 9.10. The van der Waals surface area contributed by atoms with Crippen LogP contribution >= 0.6 is 50.5 Å². The molecule has 0 aliphatic heterocycles. The minimum Gasteiger partial charge on any atom is -0.339 e. The monoisotopic (exact) mass is 449 g/mol. The van der Waals surface area contributed by atoms with Crippen LogP contribution in [0.3, 0.4) is 0 Å². The van der Waals surface area contributed by atoms with Gasteiger partial charge in [0.15, 0.2) is 0 Å². The van der Waals surface area contributed by atoms with Gasteiger partial charge in [0, 0.05) is 31.1 Å². The van der Waals surface area contributed by atoms with Crippen LogP contribution in [0.5, 0.6) is 0 Å². The Morgan fingerprint density at radius 2 is 1.68 bits per heavy atom. The first-order valence-electron chi connectivity index (χ1n) is 7.31. The summed E-state index contributed by atoms with van der Waals surface area (Å²) >= 11 is 17.3. The van der Waals surface area contributed by atoms with E-state index in [0.29, 0.717) is 10.0 Å². The molecule has 25 heavy (non-hydrogen) atoms. The largest absolute Gasteiger partial charge is 0.339 e. The number of thiophene rings is 1. The molecule has 0 amide bonds. The number of nitrogens with zero attached hydrogens (tertiary/aromatic N) is 2. The molecule has 1 N–H and O–H groups in total. The molecule has 0 aliphatic carbocycles. The predicted molar refractivity (Wildman–Crippen MR) is 110 cm³/mol. The summed E-state index contributed by atoms with van der Waals surface area (Å²) in [6.45, 7) is 0. The highest BCUT2D eigenvalue weighted by Gasteiger charge is 2.13. The Bertz CT molecular complexity index is 1040. The number of anilines is 2. The number of aromatic nitrogens is 2. The van der Waals surface area contributed by atoms with E-state index in [9.17, 15) is 0 Å². The van der Waals surface area contributed by atoms with Crippen LogP contribution in [0.25, 0.3) is 21.3 Å². The zero-order valence-corrected chi connectivity index (χ0v) is 16.5. The SMILES string of the molecule is Clc1cc(Cl)cc(Nc2ncnc3scc(-c4ccc(Br)cc4)c23)c1.